The first kappa shape index (κ1) is 14.1. The van der Waals surface area contributed by atoms with E-state index in [0.717, 1.165) is 5.56 Å². The molecule has 2 aromatic carbocycles. The second kappa shape index (κ2) is 6.21. The number of hydrogen-bond acceptors (Lipinski definition) is 3. The molecule has 0 aromatic heterocycles. The van der Waals surface area contributed by atoms with Gasteiger partial charge in [-0.25, -0.2) is 0 Å². The van der Waals surface area contributed by atoms with Gasteiger partial charge in [0.05, 0.1) is 7.11 Å². The lowest BCUT2D eigenvalue weighted by atomic mass is 10.1. The average molecular weight is 271 g/mol. The molecule has 4 heteroatoms. The minimum atomic E-state index is -1.19. The maximum atomic E-state index is 12.0. The largest absolute Gasteiger partial charge is 0.497 e. The van der Waals surface area contributed by atoms with Gasteiger partial charge in [0.1, 0.15) is 5.75 Å². The molecule has 1 unspecified atom stereocenters. The molecule has 0 saturated carbocycles. The van der Waals surface area contributed by atoms with Crippen molar-refractivity contribution in [3.8, 4) is 5.75 Å². The van der Waals surface area contributed by atoms with E-state index in [-0.39, 0.29) is 0 Å². The summed E-state index contributed by atoms with van der Waals surface area (Å²) in [5.41, 5.74) is 2.23. The third-order valence-electron chi connectivity index (χ3n) is 2.98. The summed E-state index contributed by atoms with van der Waals surface area (Å²) in [5, 5.41) is 12.7. The molecular formula is C16H17NO3. The number of amides is 1. The third-order valence-corrected chi connectivity index (χ3v) is 2.98. The van der Waals surface area contributed by atoms with Gasteiger partial charge in [0.15, 0.2) is 6.10 Å². The predicted octanol–water partition coefficient (Wildman–Crippen LogP) is 2.68. The van der Waals surface area contributed by atoms with E-state index < -0.39 is 12.0 Å². The molecule has 4 nitrogen and oxygen atoms in total. The van der Waals surface area contributed by atoms with Crippen molar-refractivity contribution in [3.05, 3.63) is 59.7 Å². The van der Waals surface area contributed by atoms with Crippen LogP contribution in [0.25, 0.3) is 0 Å². The fraction of sp³-hybridized carbons (Fsp3) is 0.188. The second-order valence-corrected chi connectivity index (χ2v) is 4.53. The molecule has 2 aromatic rings. The molecule has 20 heavy (non-hydrogen) atoms. The van der Waals surface area contributed by atoms with Crippen LogP contribution >= 0.6 is 0 Å². The molecule has 0 spiro atoms. The van der Waals surface area contributed by atoms with Crippen LogP contribution in [0.2, 0.25) is 0 Å². The van der Waals surface area contributed by atoms with Crippen LogP contribution in [0, 0.1) is 6.92 Å². The highest BCUT2D eigenvalue weighted by Gasteiger charge is 2.17. The number of carbonyl (C=O) groups is 1. The summed E-state index contributed by atoms with van der Waals surface area (Å²) in [7, 11) is 1.56. The maximum Gasteiger partial charge on any atom is 0.257 e. The minimum Gasteiger partial charge on any atom is -0.497 e. The zero-order valence-corrected chi connectivity index (χ0v) is 11.5. The number of rotatable bonds is 4. The van der Waals surface area contributed by atoms with E-state index in [4.69, 9.17) is 4.74 Å². The fourth-order valence-corrected chi connectivity index (χ4v) is 1.81. The van der Waals surface area contributed by atoms with Crippen molar-refractivity contribution in [2.24, 2.45) is 0 Å². The van der Waals surface area contributed by atoms with Crippen molar-refractivity contribution in [2.75, 3.05) is 12.4 Å². The Hall–Kier alpha value is -2.33. The Bertz CT molecular complexity index is 593. The van der Waals surface area contributed by atoms with Crippen molar-refractivity contribution >= 4 is 11.6 Å². The molecule has 2 rings (SSSR count). The molecule has 1 atom stereocenters. The lowest BCUT2D eigenvalue weighted by Crippen LogP contribution is -2.20. The molecule has 0 saturated heterocycles. The molecule has 0 aliphatic rings. The van der Waals surface area contributed by atoms with Gasteiger partial charge in [0, 0.05) is 11.8 Å². The van der Waals surface area contributed by atoms with Gasteiger partial charge in [0.25, 0.3) is 5.91 Å². The van der Waals surface area contributed by atoms with Gasteiger partial charge in [0.2, 0.25) is 0 Å². The van der Waals surface area contributed by atoms with Gasteiger partial charge in [-0.05, 0) is 24.6 Å². The monoisotopic (exact) mass is 271 g/mol. The summed E-state index contributed by atoms with van der Waals surface area (Å²) < 4.78 is 5.08. The van der Waals surface area contributed by atoms with Gasteiger partial charge < -0.3 is 15.2 Å². The van der Waals surface area contributed by atoms with Crippen LogP contribution in [0.4, 0.5) is 5.69 Å². The van der Waals surface area contributed by atoms with E-state index in [9.17, 15) is 9.90 Å². The van der Waals surface area contributed by atoms with Crippen LogP contribution in [0.15, 0.2) is 48.5 Å². The molecule has 0 aliphatic heterocycles. The smallest absolute Gasteiger partial charge is 0.257 e. The van der Waals surface area contributed by atoms with Gasteiger partial charge in [-0.3, -0.25) is 4.79 Å². The van der Waals surface area contributed by atoms with E-state index >= 15 is 0 Å². The average Bonchev–Trinajstić information content (AvgIpc) is 2.47. The number of carbonyl (C=O) groups excluding carboxylic acids is 1. The number of aliphatic hydroxyl groups excluding tert-OH is 1. The van der Waals surface area contributed by atoms with Gasteiger partial charge in [-0.1, -0.05) is 35.9 Å². The Balaban J connectivity index is 2.09. The quantitative estimate of drug-likeness (QED) is 0.898. The van der Waals surface area contributed by atoms with E-state index in [0.29, 0.717) is 17.0 Å². The lowest BCUT2D eigenvalue weighted by molar-refractivity contribution is -0.124. The van der Waals surface area contributed by atoms with Crippen LogP contribution in [0.1, 0.15) is 17.2 Å². The number of ether oxygens (including phenoxy) is 1. The van der Waals surface area contributed by atoms with Crippen molar-refractivity contribution in [1.82, 2.24) is 0 Å². The Morgan fingerprint density at radius 2 is 1.90 bits per heavy atom. The standard InChI is InChI=1S/C16H17NO3/c1-11-6-8-12(9-7-11)15(18)16(19)17-13-4-3-5-14(10-13)20-2/h3-10,15,18H,1-2H3,(H,17,19). The first-order valence-electron chi connectivity index (χ1n) is 6.29. The first-order valence-corrected chi connectivity index (χ1v) is 6.29. The highest BCUT2D eigenvalue weighted by molar-refractivity contribution is 5.94. The number of aryl methyl sites for hydroxylation is 1. The number of anilines is 1. The van der Waals surface area contributed by atoms with E-state index in [1.54, 1.807) is 43.5 Å². The minimum absolute atomic E-state index is 0.470. The highest BCUT2D eigenvalue weighted by atomic mass is 16.5. The molecule has 0 radical (unpaired) electrons. The number of aliphatic hydroxyl groups is 1. The Morgan fingerprint density at radius 3 is 2.55 bits per heavy atom. The Morgan fingerprint density at radius 1 is 1.20 bits per heavy atom. The van der Waals surface area contributed by atoms with Crippen LogP contribution in [0.5, 0.6) is 5.75 Å². The SMILES string of the molecule is COc1cccc(NC(=O)C(O)c2ccc(C)cc2)c1. The third kappa shape index (κ3) is 3.36. The number of hydrogen-bond donors (Lipinski definition) is 2. The molecule has 0 fully saturated rings. The maximum absolute atomic E-state index is 12.0. The Labute approximate surface area is 118 Å². The van der Waals surface area contributed by atoms with Crippen molar-refractivity contribution in [2.45, 2.75) is 13.0 Å². The number of benzene rings is 2. The second-order valence-electron chi connectivity index (χ2n) is 4.53. The zero-order valence-electron chi connectivity index (χ0n) is 11.5. The molecular weight excluding hydrogens is 254 g/mol. The topological polar surface area (TPSA) is 58.6 Å². The molecule has 0 heterocycles. The summed E-state index contributed by atoms with van der Waals surface area (Å²) in [4.78, 5) is 12.0. The summed E-state index contributed by atoms with van der Waals surface area (Å²) in [6.07, 6.45) is -1.19. The van der Waals surface area contributed by atoms with Crippen molar-refractivity contribution in [3.63, 3.8) is 0 Å². The van der Waals surface area contributed by atoms with Gasteiger partial charge >= 0.3 is 0 Å². The molecule has 0 bridgehead atoms. The summed E-state index contributed by atoms with van der Waals surface area (Å²) in [6.45, 7) is 1.95. The zero-order chi connectivity index (χ0) is 14.5. The van der Waals surface area contributed by atoms with Crippen LogP contribution in [0.3, 0.4) is 0 Å². The molecule has 0 aliphatic carbocycles. The molecule has 104 valence electrons. The van der Waals surface area contributed by atoms with Gasteiger partial charge in [-0.2, -0.15) is 0 Å². The van der Waals surface area contributed by atoms with Gasteiger partial charge in [-0.15, -0.1) is 0 Å². The summed E-state index contributed by atoms with van der Waals surface area (Å²) in [5.74, 6) is 0.176. The van der Waals surface area contributed by atoms with Crippen molar-refractivity contribution < 1.29 is 14.6 Å². The molecule has 1 amide bonds. The molecule has 2 N–H and O–H groups in total. The normalized spacial score (nSPS) is 11.8. The van der Waals surface area contributed by atoms with E-state index in [1.165, 1.54) is 0 Å². The first-order chi connectivity index (χ1) is 9.60. The lowest BCUT2D eigenvalue weighted by Gasteiger charge is -2.12. The van der Waals surface area contributed by atoms with Crippen LogP contribution in [-0.2, 0) is 4.79 Å². The number of nitrogens with one attached hydrogen (secondary N) is 1. The van der Waals surface area contributed by atoms with Crippen molar-refractivity contribution in [1.29, 1.82) is 0 Å². The fourth-order valence-electron chi connectivity index (χ4n) is 1.81. The van der Waals surface area contributed by atoms with E-state index in [2.05, 4.69) is 5.32 Å². The van der Waals surface area contributed by atoms with E-state index in [1.807, 2.05) is 19.1 Å². The predicted molar refractivity (Wildman–Crippen MR) is 77.8 cm³/mol. The summed E-state index contributed by atoms with van der Waals surface area (Å²) >= 11 is 0. The number of methoxy groups -OCH3 is 1. The highest BCUT2D eigenvalue weighted by Crippen LogP contribution is 2.20. The summed E-state index contributed by atoms with van der Waals surface area (Å²) in [6, 6.07) is 14.2. The van der Waals surface area contributed by atoms with Crippen LogP contribution in [-0.4, -0.2) is 18.1 Å². The van der Waals surface area contributed by atoms with Crippen LogP contribution < -0.4 is 10.1 Å². The Kier molecular flexibility index (Phi) is 4.38.